The van der Waals surface area contributed by atoms with Gasteiger partial charge in [-0.05, 0) is 55.8 Å². The number of oxazole rings is 1. The SMILES string of the molecule is NC(=O)c1nc(-c2c(F)cccc2F)oc1-c1ccc(OCCN2CCCC2CO)cc1. The Hall–Kier alpha value is -3.30. The highest BCUT2D eigenvalue weighted by molar-refractivity contribution is 5.97. The molecule has 1 saturated heterocycles. The average molecular weight is 443 g/mol. The smallest absolute Gasteiger partial charge is 0.271 e. The topological polar surface area (TPSA) is 102 Å². The van der Waals surface area contributed by atoms with E-state index in [0.29, 0.717) is 24.5 Å². The minimum atomic E-state index is -0.879. The van der Waals surface area contributed by atoms with Gasteiger partial charge < -0.3 is 20.0 Å². The van der Waals surface area contributed by atoms with Crippen molar-refractivity contribution in [2.24, 2.45) is 5.73 Å². The maximum absolute atomic E-state index is 14.1. The maximum Gasteiger partial charge on any atom is 0.271 e. The highest BCUT2D eigenvalue weighted by Gasteiger charge is 2.25. The molecule has 168 valence electrons. The summed E-state index contributed by atoms with van der Waals surface area (Å²) in [6.07, 6.45) is 2.06. The first kappa shape index (κ1) is 21.9. The van der Waals surface area contributed by atoms with E-state index in [9.17, 15) is 18.7 Å². The largest absolute Gasteiger partial charge is 0.492 e. The number of hydrogen-bond acceptors (Lipinski definition) is 6. The van der Waals surface area contributed by atoms with E-state index in [1.165, 1.54) is 6.07 Å². The van der Waals surface area contributed by atoms with Gasteiger partial charge in [0.1, 0.15) is 29.6 Å². The number of ether oxygens (including phenoxy) is 1. The van der Waals surface area contributed by atoms with E-state index in [-0.39, 0.29) is 30.0 Å². The number of primary amides is 1. The van der Waals surface area contributed by atoms with Crippen LogP contribution in [0.2, 0.25) is 0 Å². The number of halogens is 2. The Balaban J connectivity index is 1.51. The molecule has 2 heterocycles. The van der Waals surface area contributed by atoms with Crippen molar-refractivity contribution in [2.45, 2.75) is 18.9 Å². The third kappa shape index (κ3) is 4.49. The van der Waals surface area contributed by atoms with Gasteiger partial charge in [-0.1, -0.05) is 6.07 Å². The Kier molecular flexibility index (Phi) is 6.48. The number of amides is 1. The van der Waals surface area contributed by atoms with E-state index in [1.54, 1.807) is 24.3 Å². The van der Waals surface area contributed by atoms with Crippen LogP contribution < -0.4 is 10.5 Å². The van der Waals surface area contributed by atoms with Crippen molar-refractivity contribution in [3.63, 3.8) is 0 Å². The van der Waals surface area contributed by atoms with E-state index in [0.717, 1.165) is 31.5 Å². The average Bonchev–Trinajstić information content (AvgIpc) is 3.41. The summed E-state index contributed by atoms with van der Waals surface area (Å²) in [5.41, 5.74) is 5.17. The second-order valence-electron chi connectivity index (χ2n) is 7.55. The Morgan fingerprint density at radius 1 is 1.22 bits per heavy atom. The second kappa shape index (κ2) is 9.46. The summed E-state index contributed by atoms with van der Waals surface area (Å²) in [7, 11) is 0. The molecule has 0 saturated carbocycles. The second-order valence-corrected chi connectivity index (χ2v) is 7.55. The summed E-state index contributed by atoms with van der Waals surface area (Å²) in [6.45, 7) is 2.26. The normalized spacial score (nSPS) is 16.4. The number of benzene rings is 2. The molecule has 1 aliphatic heterocycles. The van der Waals surface area contributed by atoms with Crippen molar-refractivity contribution in [1.82, 2.24) is 9.88 Å². The molecule has 1 fully saturated rings. The molecule has 1 atom stereocenters. The fourth-order valence-electron chi connectivity index (χ4n) is 3.87. The van der Waals surface area contributed by atoms with E-state index < -0.39 is 23.1 Å². The van der Waals surface area contributed by atoms with Crippen molar-refractivity contribution >= 4 is 5.91 Å². The molecule has 2 aromatic carbocycles. The predicted octanol–water partition coefficient (Wildman–Crippen LogP) is 3.22. The Morgan fingerprint density at radius 2 is 1.94 bits per heavy atom. The van der Waals surface area contributed by atoms with E-state index in [4.69, 9.17) is 14.9 Å². The fourth-order valence-corrected chi connectivity index (χ4v) is 3.87. The molecule has 0 bridgehead atoms. The molecule has 1 aromatic heterocycles. The standard InChI is InChI=1S/C23H23F2N3O4/c24-17-4-1-5-18(25)19(17)23-27-20(22(26)30)21(32-23)14-6-8-16(9-7-14)31-12-11-28-10-2-3-15(28)13-29/h1,4-9,15,29H,2-3,10-13H2,(H2,26,30). The first-order chi connectivity index (χ1) is 15.5. The van der Waals surface area contributed by atoms with Gasteiger partial charge in [0.15, 0.2) is 11.5 Å². The van der Waals surface area contributed by atoms with Crippen LogP contribution in [-0.2, 0) is 0 Å². The lowest BCUT2D eigenvalue weighted by Gasteiger charge is -2.22. The summed E-state index contributed by atoms with van der Waals surface area (Å²) in [5, 5.41) is 9.39. The molecular weight excluding hydrogens is 420 g/mol. The van der Waals surface area contributed by atoms with E-state index in [2.05, 4.69) is 9.88 Å². The van der Waals surface area contributed by atoms with Gasteiger partial charge in [-0.15, -0.1) is 0 Å². The lowest BCUT2D eigenvalue weighted by atomic mass is 10.1. The quantitative estimate of drug-likeness (QED) is 0.554. The highest BCUT2D eigenvalue weighted by Crippen LogP contribution is 2.33. The molecule has 0 spiro atoms. The van der Waals surface area contributed by atoms with Gasteiger partial charge in [0.25, 0.3) is 5.91 Å². The third-order valence-electron chi connectivity index (χ3n) is 5.51. The molecule has 1 aliphatic rings. The Labute approximate surface area is 183 Å². The number of carbonyl (C=O) groups excluding carboxylic acids is 1. The monoisotopic (exact) mass is 443 g/mol. The van der Waals surface area contributed by atoms with Gasteiger partial charge in [0.2, 0.25) is 5.89 Å². The molecule has 9 heteroatoms. The Bertz CT molecular complexity index is 1080. The summed E-state index contributed by atoms with van der Waals surface area (Å²) in [5.74, 6) is -2.35. The number of likely N-dealkylation sites (tertiary alicyclic amines) is 1. The lowest BCUT2D eigenvalue weighted by molar-refractivity contribution is 0.0996. The molecule has 32 heavy (non-hydrogen) atoms. The molecule has 7 nitrogen and oxygen atoms in total. The van der Waals surface area contributed by atoms with Crippen molar-refractivity contribution in [3.05, 3.63) is 59.8 Å². The number of rotatable bonds is 8. The van der Waals surface area contributed by atoms with Crippen LogP contribution in [0.4, 0.5) is 8.78 Å². The van der Waals surface area contributed by atoms with Crippen molar-refractivity contribution < 1.29 is 27.8 Å². The molecule has 3 aromatic rings. The highest BCUT2D eigenvalue weighted by atomic mass is 19.1. The van der Waals surface area contributed by atoms with Crippen LogP contribution in [0.25, 0.3) is 22.8 Å². The van der Waals surface area contributed by atoms with E-state index >= 15 is 0 Å². The van der Waals surface area contributed by atoms with Crippen LogP contribution >= 0.6 is 0 Å². The predicted molar refractivity (Wildman–Crippen MR) is 113 cm³/mol. The minimum Gasteiger partial charge on any atom is -0.492 e. The summed E-state index contributed by atoms with van der Waals surface area (Å²) < 4.78 is 39.6. The van der Waals surface area contributed by atoms with Crippen LogP contribution in [0.5, 0.6) is 5.75 Å². The van der Waals surface area contributed by atoms with Gasteiger partial charge in [0, 0.05) is 18.2 Å². The van der Waals surface area contributed by atoms with Gasteiger partial charge in [-0.3, -0.25) is 9.69 Å². The minimum absolute atomic E-state index is 0.0181. The number of nitrogens with zero attached hydrogens (tertiary/aromatic N) is 2. The number of nitrogens with two attached hydrogens (primary N) is 1. The Morgan fingerprint density at radius 3 is 2.59 bits per heavy atom. The van der Waals surface area contributed by atoms with Crippen LogP contribution in [0, 0.1) is 11.6 Å². The molecule has 0 aliphatic carbocycles. The zero-order valence-electron chi connectivity index (χ0n) is 17.3. The van der Waals surface area contributed by atoms with Crippen LogP contribution in [0.3, 0.4) is 0 Å². The van der Waals surface area contributed by atoms with Gasteiger partial charge in [-0.25, -0.2) is 13.8 Å². The first-order valence-electron chi connectivity index (χ1n) is 10.3. The van der Waals surface area contributed by atoms with Gasteiger partial charge in [-0.2, -0.15) is 0 Å². The molecule has 0 radical (unpaired) electrons. The van der Waals surface area contributed by atoms with Gasteiger partial charge in [0.05, 0.1) is 6.61 Å². The van der Waals surface area contributed by atoms with Crippen molar-refractivity contribution in [3.8, 4) is 28.5 Å². The number of aliphatic hydroxyl groups excluding tert-OH is 1. The molecule has 1 unspecified atom stereocenters. The zero-order valence-corrected chi connectivity index (χ0v) is 17.3. The zero-order chi connectivity index (χ0) is 22.7. The number of aromatic nitrogens is 1. The molecular formula is C23H23F2N3O4. The van der Waals surface area contributed by atoms with Gasteiger partial charge >= 0.3 is 0 Å². The summed E-state index contributed by atoms with van der Waals surface area (Å²) in [4.78, 5) is 18.0. The lowest BCUT2D eigenvalue weighted by Crippen LogP contribution is -2.35. The molecule has 4 rings (SSSR count). The van der Waals surface area contributed by atoms with Crippen molar-refractivity contribution in [2.75, 3.05) is 26.3 Å². The van der Waals surface area contributed by atoms with Crippen LogP contribution in [-0.4, -0.2) is 53.2 Å². The van der Waals surface area contributed by atoms with Crippen molar-refractivity contribution in [1.29, 1.82) is 0 Å². The summed E-state index contributed by atoms with van der Waals surface area (Å²) in [6, 6.07) is 10.2. The van der Waals surface area contributed by atoms with Crippen LogP contribution in [0.15, 0.2) is 46.9 Å². The molecule has 1 amide bonds. The number of hydrogen-bond donors (Lipinski definition) is 2. The number of aliphatic hydroxyl groups is 1. The first-order valence-corrected chi connectivity index (χ1v) is 10.3. The van der Waals surface area contributed by atoms with Crippen LogP contribution in [0.1, 0.15) is 23.3 Å². The maximum atomic E-state index is 14.1. The summed E-state index contributed by atoms with van der Waals surface area (Å²) >= 11 is 0. The number of carbonyl (C=O) groups is 1. The van der Waals surface area contributed by atoms with E-state index in [1.807, 2.05) is 0 Å². The third-order valence-corrected chi connectivity index (χ3v) is 5.51. The fraction of sp³-hybridized carbons (Fsp3) is 0.304. The molecule has 3 N–H and O–H groups in total.